The van der Waals surface area contributed by atoms with Crippen LogP contribution in [0.3, 0.4) is 0 Å². The quantitative estimate of drug-likeness (QED) is 0.851. The second-order valence-electron chi connectivity index (χ2n) is 6.04. The lowest BCUT2D eigenvalue weighted by Crippen LogP contribution is -2.44. The first-order chi connectivity index (χ1) is 10.3. The van der Waals surface area contributed by atoms with Crippen LogP contribution in [0.4, 0.5) is 0 Å². The highest BCUT2D eigenvalue weighted by Crippen LogP contribution is 2.20. The molecule has 0 aliphatic carbocycles. The van der Waals surface area contributed by atoms with Crippen molar-refractivity contribution in [2.24, 2.45) is 0 Å². The van der Waals surface area contributed by atoms with Gasteiger partial charge in [-0.1, -0.05) is 29.8 Å². The molecule has 2 rings (SSSR count). The Kier molecular flexibility index (Phi) is 5.58. The van der Waals surface area contributed by atoms with Crippen molar-refractivity contribution < 1.29 is 13.2 Å². The minimum Gasteiger partial charge on any atom is -0.354 e. The maximum Gasteiger partial charge on any atom is 0.237 e. The zero-order chi connectivity index (χ0) is 16.2. The number of hydrogen-bond donors (Lipinski definition) is 1. The van der Waals surface area contributed by atoms with Gasteiger partial charge in [-0.05, 0) is 31.9 Å². The van der Waals surface area contributed by atoms with Crippen LogP contribution in [0.25, 0.3) is 0 Å². The van der Waals surface area contributed by atoms with Crippen LogP contribution in [0.1, 0.15) is 24.0 Å². The average Bonchev–Trinajstić information content (AvgIpc) is 2.85. The Bertz CT molecular complexity index is 628. The molecule has 0 radical (unpaired) electrons. The van der Waals surface area contributed by atoms with E-state index >= 15 is 0 Å². The molecule has 5 nitrogen and oxygen atoms in total. The van der Waals surface area contributed by atoms with Gasteiger partial charge in [0.25, 0.3) is 0 Å². The van der Waals surface area contributed by atoms with E-state index in [-0.39, 0.29) is 24.2 Å². The van der Waals surface area contributed by atoms with Crippen LogP contribution in [0.15, 0.2) is 24.3 Å². The number of carbonyl (C=O) groups excluding carboxylic acids is 1. The number of nitrogens with zero attached hydrogens (tertiary/aromatic N) is 1. The molecule has 1 saturated heterocycles. The maximum atomic E-state index is 12.3. The van der Waals surface area contributed by atoms with E-state index in [1.807, 2.05) is 6.07 Å². The van der Waals surface area contributed by atoms with E-state index in [1.54, 1.807) is 0 Å². The number of nitrogens with one attached hydrogen (secondary N) is 1. The molecule has 1 atom stereocenters. The summed E-state index contributed by atoms with van der Waals surface area (Å²) in [5.74, 6) is -0.0719. The van der Waals surface area contributed by atoms with Gasteiger partial charge in [0.15, 0.2) is 0 Å². The Labute approximate surface area is 132 Å². The molecular weight excluding hydrogens is 300 g/mol. The first-order valence-corrected chi connectivity index (χ1v) is 9.66. The van der Waals surface area contributed by atoms with Crippen molar-refractivity contribution in [3.63, 3.8) is 0 Å². The summed E-state index contributed by atoms with van der Waals surface area (Å²) in [6.45, 7) is 3.90. The van der Waals surface area contributed by atoms with Crippen LogP contribution in [0.2, 0.25) is 0 Å². The van der Waals surface area contributed by atoms with Crippen LogP contribution in [-0.2, 0) is 21.2 Å². The van der Waals surface area contributed by atoms with E-state index in [1.165, 1.54) is 17.4 Å². The number of amides is 1. The summed E-state index contributed by atoms with van der Waals surface area (Å²) in [6, 6.07) is 8.14. The third-order valence-corrected chi connectivity index (χ3v) is 4.85. The predicted octanol–water partition coefficient (Wildman–Crippen LogP) is 1.12. The van der Waals surface area contributed by atoms with Gasteiger partial charge in [-0.15, -0.1) is 0 Å². The Morgan fingerprint density at radius 3 is 2.86 bits per heavy atom. The second kappa shape index (κ2) is 7.24. The Hall–Kier alpha value is -1.40. The molecule has 6 heteroatoms. The minimum absolute atomic E-state index is 0.0106. The zero-order valence-corrected chi connectivity index (χ0v) is 14.0. The third-order valence-electron chi connectivity index (χ3n) is 3.91. The van der Waals surface area contributed by atoms with Crippen molar-refractivity contribution in [2.45, 2.75) is 32.4 Å². The Morgan fingerprint density at radius 1 is 1.41 bits per heavy atom. The van der Waals surface area contributed by atoms with Crippen LogP contribution in [-0.4, -0.2) is 50.4 Å². The van der Waals surface area contributed by atoms with Crippen molar-refractivity contribution in [2.75, 3.05) is 25.1 Å². The number of aryl methyl sites for hydroxylation is 1. The first kappa shape index (κ1) is 17.0. The van der Waals surface area contributed by atoms with Crippen molar-refractivity contribution in [3.8, 4) is 0 Å². The molecule has 1 fully saturated rings. The lowest BCUT2D eigenvalue weighted by atomic mass is 10.1. The number of likely N-dealkylation sites (tertiary alicyclic amines) is 1. The molecule has 0 saturated carbocycles. The summed E-state index contributed by atoms with van der Waals surface area (Å²) >= 11 is 0. The molecule has 1 aromatic carbocycles. The van der Waals surface area contributed by atoms with Gasteiger partial charge in [0.1, 0.15) is 9.84 Å². The van der Waals surface area contributed by atoms with Crippen molar-refractivity contribution in [3.05, 3.63) is 35.4 Å². The normalized spacial score (nSPS) is 19.3. The van der Waals surface area contributed by atoms with Gasteiger partial charge in [-0.2, -0.15) is 0 Å². The fourth-order valence-corrected chi connectivity index (χ4v) is 3.31. The molecule has 22 heavy (non-hydrogen) atoms. The Morgan fingerprint density at radius 2 is 2.18 bits per heavy atom. The van der Waals surface area contributed by atoms with E-state index in [0.29, 0.717) is 0 Å². The fraction of sp³-hybridized carbons (Fsp3) is 0.562. The van der Waals surface area contributed by atoms with Gasteiger partial charge in [-0.3, -0.25) is 9.69 Å². The molecule has 1 N–H and O–H groups in total. The molecule has 1 heterocycles. The number of rotatable bonds is 6. The summed E-state index contributed by atoms with van der Waals surface area (Å²) in [4.78, 5) is 14.4. The highest BCUT2D eigenvalue weighted by atomic mass is 32.2. The van der Waals surface area contributed by atoms with Gasteiger partial charge < -0.3 is 5.32 Å². The van der Waals surface area contributed by atoms with Crippen LogP contribution in [0, 0.1) is 6.92 Å². The summed E-state index contributed by atoms with van der Waals surface area (Å²) in [6.07, 6.45) is 3.01. The summed E-state index contributed by atoms with van der Waals surface area (Å²) in [5, 5.41) is 2.75. The SMILES string of the molecule is Cc1cccc(CN2CCCC2C(=O)NCCS(C)(=O)=O)c1. The molecule has 1 unspecified atom stereocenters. The van der Waals surface area contributed by atoms with Crippen molar-refractivity contribution >= 4 is 15.7 Å². The van der Waals surface area contributed by atoms with Crippen LogP contribution in [0.5, 0.6) is 0 Å². The van der Waals surface area contributed by atoms with E-state index in [4.69, 9.17) is 0 Å². The van der Waals surface area contributed by atoms with Gasteiger partial charge in [-0.25, -0.2) is 8.42 Å². The predicted molar refractivity (Wildman–Crippen MR) is 87.3 cm³/mol. The molecule has 1 aliphatic rings. The lowest BCUT2D eigenvalue weighted by Gasteiger charge is -2.23. The Balaban J connectivity index is 1.91. The van der Waals surface area contributed by atoms with E-state index < -0.39 is 9.84 Å². The van der Waals surface area contributed by atoms with Gasteiger partial charge in [0.05, 0.1) is 11.8 Å². The van der Waals surface area contributed by atoms with Gasteiger partial charge in [0.2, 0.25) is 5.91 Å². The monoisotopic (exact) mass is 324 g/mol. The molecule has 0 spiro atoms. The lowest BCUT2D eigenvalue weighted by molar-refractivity contribution is -0.125. The number of benzene rings is 1. The first-order valence-electron chi connectivity index (χ1n) is 7.60. The highest BCUT2D eigenvalue weighted by molar-refractivity contribution is 7.90. The second-order valence-corrected chi connectivity index (χ2v) is 8.30. The summed E-state index contributed by atoms with van der Waals surface area (Å²) < 4.78 is 22.2. The number of carbonyl (C=O) groups is 1. The maximum absolute atomic E-state index is 12.3. The largest absolute Gasteiger partial charge is 0.354 e. The molecule has 1 amide bonds. The van der Waals surface area contributed by atoms with Gasteiger partial charge >= 0.3 is 0 Å². The zero-order valence-electron chi connectivity index (χ0n) is 13.2. The van der Waals surface area contributed by atoms with E-state index in [9.17, 15) is 13.2 Å². The number of hydrogen-bond acceptors (Lipinski definition) is 4. The highest BCUT2D eigenvalue weighted by Gasteiger charge is 2.30. The van der Waals surface area contributed by atoms with Gasteiger partial charge in [0, 0.05) is 19.3 Å². The molecule has 0 bridgehead atoms. The summed E-state index contributed by atoms with van der Waals surface area (Å²) in [7, 11) is -3.04. The topological polar surface area (TPSA) is 66.5 Å². The van der Waals surface area contributed by atoms with Crippen LogP contribution < -0.4 is 5.32 Å². The standard InChI is InChI=1S/C16H24N2O3S/c1-13-5-3-6-14(11-13)12-18-9-4-7-15(18)16(19)17-8-10-22(2,20)21/h3,5-6,11,15H,4,7-10,12H2,1-2H3,(H,17,19). The van der Waals surface area contributed by atoms with Crippen molar-refractivity contribution in [1.29, 1.82) is 0 Å². The average molecular weight is 324 g/mol. The molecule has 1 aromatic rings. The van der Waals surface area contributed by atoms with E-state index in [0.717, 1.165) is 25.9 Å². The van der Waals surface area contributed by atoms with Crippen LogP contribution >= 0.6 is 0 Å². The molecule has 1 aliphatic heterocycles. The molecule has 0 aromatic heterocycles. The summed E-state index contributed by atoms with van der Waals surface area (Å²) in [5.41, 5.74) is 2.42. The molecular formula is C16H24N2O3S. The minimum atomic E-state index is -3.04. The molecule has 122 valence electrons. The van der Waals surface area contributed by atoms with E-state index in [2.05, 4.69) is 35.3 Å². The fourth-order valence-electron chi connectivity index (χ4n) is 2.83. The third kappa shape index (κ3) is 5.10. The number of sulfone groups is 1. The van der Waals surface area contributed by atoms with Crippen molar-refractivity contribution in [1.82, 2.24) is 10.2 Å². The smallest absolute Gasteiger partial charge is 0.237 e.